The molecule has 1 heterocycles. The molecule has 3 atom stereocenters. The lowest BCUT2D eigenvalue weighted by atomic mass is 9.85. The second-order valence-electron chi connectivity index (χ2n) is 7.17. The summed E-state index contributed by atoms with van der Waals surface area (Å²) in [6.45, 7) is 2.26. The van der Waals surface area contributed by atoms with E-state index < -0.39 is 36.4 Å². The van der Waals surface area contributed by atoms with Gasteiger partial charge in [-0.15, -0.1) is 0 Å². The molecule has 1 aromatic carbocycles. The van der Waals surface area contributed by atoms with Crippen molar-refractivity contribution in [3.05, 3.63) is 42.0 Å². The molecule has 0 spiro atoms. The Bertz CT molecular complexity index is 880. The van der Waals surface area contributed by atoms with Crippen LogP contribution < -0.4 is 5.32 Å². The average Bonchev–Trinajstić information content (AvgIpc) is 2.96. The second kappa shape index (κ2) is 8.38. The maximum atomic E-state index is 12.5. The average molecular weight is 398 g/mol. The molecule has 8 nitrogen and oxygen atoms in total. The van der Waals surface area contributed by atoms with Gasteiger partial charge in [0, 0.05) is 11.3 Å². The minimum Gasteiger partial charge on any atom is -0.454 e. The van der Waals surface area contributed by atoms with Gasteiger partial charge in [0.2, 0.25) is 11.8 Å². The maximum absolute atomic E-state index is 12.5. The van der Waals surface area contributed by atoms with Gasteiger partial charge in [0.25, 0.3) is 5.91 Å². The molecule has 3 amide bonds. The number of allylic oxidation sites excluding steroid dienone is 2. The monoisotopic (exact) mass is 398 g/mol. The van der Waals surface area contributed by atoms with Crippen LogP contribution in [0.25, 0.3) is 0 Å². The summed E-state index contributed by atoms with van der Waals surface area (Å²) in [5.41, 5.74) is 0.837. The number of rotatable bonds is 6. The van der Waals surface area contributed by atoms with Crippen LogP contribution in [-0.4, -0.2) is 47.0 Å². The highest BCUT2D eigenvalue weighted by atomic mass is 16.5. The normalized spacial score (nSPS) is 21.5. The standard InChI is InChI=1S/C21H22N2O6/c1-12(23-19(26)16-8-3-4-9-17(16)20(23)27)21(28)29-11-18(25)22-15-7-5-6-14(10-15)13(2)24/h3-7,10,12,16-17H,8-9,11H2,1-2H3,(H,22,25)/t12-,16-,17-/m0/s1. The lowest BCUT2D eigenvalue weighted by Gasteiger charge is -2.21. The molecule has 3 rings (SSSR count). The number of Topliss-reactive ketones (excluding diaryl/α,β-unsaturated/α-hetero) is 1. The number of nitrogens with zero attached hydrogens (tertiary/aromatic N) is 1. The Labute approximate surface area is 167 Å². The number of hydrogen-bond acceptors (Lipinski definition) is 6. The summed E-state index contributed by atoms with van der Waals surface area (Å²) in [6.07, 6.45) is 4.69. The zero-order chi connectivity index (χ0) is 21.1. The van der Waals surface area contributed by atoms with Gasteiger partial charge in [-0.1, -0.05) is 24.3 Å². The molecule has 1 aliphatic carbocycles. The number of ether oxygens (including phenoxy) is 1. The number of likely N-dealkylation sites (tertiary alicyclic amines) is 1. The zero-order valence-corrected chi connectivity index (χ0v) is 16.2. The van der Waals surface area contributed by atoms with E-state index in [1.165, 1.54) is 19.9 Å². The van der Waals surface area contributed by atoms with Crippen molar-refractivity contribution in [1.29, 1.82) is 0 Å². The molecule has 29 heavy (non-hydrogen) atoms. The fraction of sp³-hybridized carbons (Fsp3) is 0.381. The minimum absolute atomic E-state index is 0.142. The lowest BCUT2D eigenvalue weighted by Crippen LogP contribution is -2.45. The number of hydrogen-bond donors (Lipinski definition) is 1. The lowest BCUT2D eigenvalue weighted by molar-refractivity contribution is -0.159. The Balaban J connectivity index is 1.55. The summed E-state index contributed by atoms with van der Waals surface area (Å²) in [5, 5.41) is 2.54. The van der Waals surface area contributed by atoms with Crippen molar-refractivity contribution in [1.82, 2.24) is 4.90 Å². The number of ketones is 1. The van der Waals surface area contributed by atoms with Crippen molar-refractivity contribution < 1.29 is 28.7 Å². The summed E-state index contributed by atoms with van der Waals surface area (Å²) in [7, 11) is 0. The van der Waals surface area contributed by atoms with E-state index in [1.807, 2.05) is 12.2 Å². The first kappa shape index (κ1) is 20.4. The van der Waals surface area contributed by atoms with Crippen LogP contribution in [-0.2, 0) is 23.9 Å². The molecule has 1 N–H and O–H groups in total. The van der Waals surface area contributed by atoms with Crippen LogP contribution in [0, 0.1) is 11.8 Å². The number of carbonyl (C=O) groups is 5. The summed E-state index contributed by atoms with van der Waals surface area (Å²) < 4.78 is 5.00. The van der Waals surface area contributed by atoms with Crippen molar-refractivity contribution in [2.24, 2.45) is 11.8 Å². The summed E-state index contributed by atoms with van der Waals surface area (Å²) in [6, 6.07) is 5.26. The van der Waals surface area contributed by atoms with Crippen molar-refractivity contribution in [2.75, 3.05) is 11.9 Å². The Morgan fingerprint density at radius 1 is 1.14 bits per heavy atom. The third kappa shape index (κ3) is 4.26. The van der Waals surface area contributed by atoms with Crippen LogP contribution in [0.4, 0.5) is 5.69 Å². The zero-order valence-electron chi connectivity index (χ0n) is 16.2. The molecule has 2 aliphatic rings. The molecule has 8 heteroatoms. The van der Waals surface area contributed by atoms with Crippen LogP contribution in [0.5, 0.6) is 0 Å². The Morgan fingerprint density at radius 3 is 2.34 bits per heavy atom. The molecule has 1 aliphatic heterocycles. The molecule has 0 aromatic heterocycles. The highest BCUT2D eigenvalue weighted by Gasteiger charge is 2.50. The highest BCUT2D eigenvalue weighted by molar-refractivity contribution is 6.08. The molecule has 1 fully saturated rings. The fourth-order valence-electron chi connectivity index (χ4n) is 3.58. The molecular formula is C21H22N2O6. The largest absolute Gasteiger partial charge is 0.454 e. The number of imide groups is 1. The highest BCUT2D eigenvalue weighted by Crippen LogP contribution is 2.36. The third-order valence-electron chi connectivity index (χ3n) is 5.17. The molecule has 1 saturated heterocycles. The predicted octanol–water partition coefficient (Wildman–Crippen LogP) is 1.71. The van der Waals surface area contributed by atoms with Gasteiger partial charge in [-0.25, -0.2) is 4.79 Å². The number of benzene rings is 1. The maximum Gasteiger partial charge on any atom is 0.329 e. The third-order valence-corrected chi connectivity index (χ3v) is 5.17. The van der Waals surface area contributed by atoms with Crippen molar-refractivity contribution >= 4 is 35.2 Å². The van der Waals surface area contributed by atoms with Gasteiger partial charge in [0.05, 0.1) is 11.8 Å². The molecule has 0 bridgehead atoms. The predicted molar refractivity (Wildman–Crippen MR) is 103 cm³/mol. The summed E-state index contributed by atoms with van der Waals surface area (Å²) in [4.78, 5) is 61.8. The van der Waals surface area contributed by atoms with Gasteiger partial charge in [0.15, 0.2) is 12.4 Å². The van der Waals surface area contributed by atoms with E-state index in [-0.39, 0.29) is 17.6 Å². The fourth-order valence-corrected chi connectivity index (χ4v) is 3.58. The van der Waals surface area contributed by atoms with Gasteiger partial charge in [-0.05, 0) is 38.8 Å². The Morgan fingerprint density at radius 2 is 1.76 bits per heavy atom. The van der Waals surface area contributed by atoms with E-state index in [4.69, 9.17) is 4.74 Å². The van der Waals surface area contributed by atoms with E-state index in [9.17, 15) is 24.0 Å². The Kier molecular flexibility index (Phi) is 5.91. The first-order valence-corrected chi connectivity index (χ1v) is 9.39. The van der Waals surface area contributed by atoms with Crippen molar-refractivity contribution in [3.8, 4) is 0 Å². The van der Waals surface area contributed by atoms with E-state index in [0.717, 1.165) is 4.90 Å². The second-order valence-corrected chi connectivity index (χ2v) is 7.17. The van der Waals surface area contributed by atoms with Crippen LogP contribution >= 0.6 is 0 Å². The molecule has 0 radical (unpaired) electrons. The van der Waals surface area contributed by atoms with Gasteiger partial charge in [0.1, 0.15) is 6.04 Å². The van der Waals surface area contributed by atoms with E-state index in [0.29, 0.717) is 24.1 Å². The van der Waals surface area contributed by atoms with E-state index in [1.54, 1.807) is 18.2 Å². The van der Waals surface area contributed by atoms with Gasteiger partial charge >= 0.3 is 5.97 Å². The summed E-state index contributed by atoms with van der Waals surface area (Å²) >= 11 is 0. The SMILES string of the molecule is CC(=O)c1cccc(NC(=O)COC(=O)[C@H](C)N2C(=O)[C@H]3CC=CC[C@@H]3C2=O)c1. The molecule has 0 unspecified atom stereocenters. The number of carbonyl (C=O) groups excluding carboxylic acids is 5. The molecule has 1 aromatic rings. The number of nitrogens with one attached hydrogen (secondary N) is 1. The topological polar surface area (TPSA) is 110 Å². The van der Waals surface area contributed by atoms with Crippen LogP contribution in [0.15, 0.2) is 36.4 Å². The van der Waals surface area contributed by atoms with Gasteiger partial charge in [-0.3, -0.25) is 24.1 Å². The summed E-state index contributed by atoms with van der Waals surface area (Å²) in [5.74, 6) is -3.18. The van der Waals surface area contributed by atoms with Crippen molar-refractivity contribution in [3.63, 3.8) is 0 Å². The van der Waals surface area contributed by atoms with Gasteiger partial charge in [-0.2, -0.15) is 0 Å². The number of esters is 1. The molecule has 0 saturated carbocycles. The van der Waals surface area contributed by atoms with Crippen LogP contribution in [0.1, 0.15) is 37.0 Å². The first-order valence-electron chi connectivity index (χ1n) is 9.39. The van der Waals surface area contributed by atoms with Gasteiger partial charge < -0.3 is 10.1 Å². The smallest absolute Gasteiger partial charge is 0.329 e. The van der Waals surface area contributed by atoms with Crippen molar-refractivity contribution in [2.45, 2.75) is 32.7 Å². The van der Waals surface area contributed by atoms with E-state index >= 15 is 0 Å². The number of anilines is 1. The number of fused-ring (bicyclic) bond motifs is 1. The number of amides is 3. The van der Waals surface area contributed by atoms with Crippen LogP contribution in [0.3, 0.4) is 0 Å². The van der Waals surface area contributed by atoms with Crippen LogP contribution in [0.2, 0.25) is 0 Å². The van der Waals surface area contributed by atoms with E-state index in [2.05, 4.69) is 5.32 Å². The minimum atomic E-state index is -1.10. The first-order chi connectivity index (χ1) is 13.8. The Hall–Kier alpha value is -3.29. The molecule has 152 valence electrons. The quantitative estimate of drug-likeness (QED) is 0.338. The molecular weight excluding hydrogens is 376 g/mol.